The zero-order valence-corrected chi connectivity index (χ0v) is 11.5. The van der Waals surface area contributed by atoms with Crippen molar-refractivity contribution in [3.05, 3.63) is 0 Å². The van der Waals surface area contributed by atoms with Crippen molar-refractivity contribution in [3.8, 4) is 0 Å². The molecule has 0 aliphatic rings. The van der Waals surface area contributed by atoms with E-state index in [4.69, 9.17) is 4.74 Å². The SMILES string of the molecule is CCOC(=O)CCC(=O)NC(CC)(CC)CC. The van der Waals surface area contributed by atoms with E-state index in [0.29, 0.717) is 6.61 Å². The van der Waals surface area contributed by atoms with Crippen LogP contribution in [0.4, 0.5) is 0 Å². The van der Waals surface area contributed by atoms with Gasteiger partial charge >= 0.3 is 5.97 Å². The van der Waals surface area contributed by atoms with Crippen LogP contribution in [-0.4, -0.2) is 24.0 Å². The fourth-order valence-electron chi connectivity index (χ4n) is 1.82. The van der Waals surface area contributed by atoms with Gasteiger partial charge in [0.1, 0.15) is 0 Å². The molecule has 0 rings (SSSR count). The molecular formula is C13H25NO3. The van der Waals surface area contributed by atoms with Crippen LogP contribution in [0, 0.1) is 0 Å². The largest absolute Gasteiger partial charge is 0.466 e. The van der Waals surface area contributed by atoms with Crippen molar-refractivity contribution in [2.45, 2.75) is 65.3 Å². The topological polar surface area (TPSA) is 55.4 Å². The van der Waals surface area contributed by atoms with Crippen molar-refractivity contribution >= 4 is 11.9 Å². The zero-order chi connectivity index (χ0) is 13.3. The fourth-order valence-corrected chi connectivity index (χ4v) is 1.82. The molecule has 0 aromatic carbocycles. The molecule has 4 nitrogen and oxygen atoms in total. The van der Waals surface area contributed by atoms with E-state index < -0.39 is 0 Å². The molecule has 0 atom stereocenters. The summed E-state index contributed by atoms with van der Waals surface area (Å²) in [5.74, 6) is -0.374. The Morgan fingerprint density at radius 1 is 1.00 bits per heavy atom. The monoisotopic (exact) mass is 243 g/mol. The number of rotatable bonds is 8. The average molecular weight is 243 g/mol. The number of nitrogens with one attached hydrogen (secondary N) is 1. The average Bonchev–Trinajstić information content (AvgIpc) is 2.34. The maximum Gasteiger partial charge on any atom is 0.306 e. The Labute approximate surface area is 104 Å². The Balaban J connectivity index is 4.11. The summed E-state index contributed by atoms with van der Waals surface area (Å²) in [7, 11) is 0. The Kier molecular flexibility index (Phi) is 7.59. The molecule has 0 unspecified atom stereocenters. The number of carbonyl (C=O) groups excluding carboxylic acids is 2. The Morgan fingerprint density at radius 3 is 1.94 bits per heavy atom. The van der Waals surface area contributed by atoms with E-state index in [1.807, 2.05) is 0 Å². The lowest BCUT2D eigenvalue weighted by Crippen LogP contribution is -2.47. The third-order valence-electron chi connectivity index (χ3n) is 3.30. The fraction of sp³-hybridized carbons (Fsp3) is 0.846. The molecule has 1 amide bonds. The van der Waals surface area contributed by atoms with E-state index in [1.165, 1.54) is 0 Å². The second-order valence-electron chi connectivity index (χ2n) is 4.19. The van der Waals surface area contributed by atoms with Crippen LogP contribution in [0.2, 0.25) is 0 Å². The third kappa shape index (κ3) is 5.71. The lowest BCUT2D eigenvalue weighted by Gasteiger charge is -2.31. The van der Waals surface area contributed by atoms with Crippen molar-refractivity contribution in [1.29, 1.82) is 0 Å². The highest BCUT2D eigenvalue weighted by atomic mass is 16.5. The van der Waals surface area contributed by atoms with E-state index in [-0.39, 0.29) is 30.3 Å². The first-order chi connectivity index (χ1) is 8.03. The molecule has 0 aromatic rings. The second kappa shape index (κ2) is 8.09. The molecule has 1 N–H and O–H groups in total. The lowest BCUT2D eigenvalue weighted by atomic mass is 9.89. The summed E-state index contributed by atoms with van der Waals surface area (Å²) in [4.78, 5) is 22.8. The van der Waals surface area contributed by atoms with Gasteiger partial charge in [-0.15, -0.1) is 0 Å². The van der Waals surface area contributed by atoms with E-state index in [0.717, 1.165) is 19.3 Å². The quantitative estimate of drug-likeness (QED) is 0.666. The third-order valence-corrected chi connectivity index (χ3v) is 3.30. The van der Waals surface area contributed by atoms with Crippen LogP contribution in [-0.2, 0) is 14.3 Å². The van der Waals surface area contributed by atoms with Crippen LogP contribution in [0.5, 0.6) is 0 Å². The van der Waals surface area contributed by atoms with Gasteiger partial charge in [-0.25, -0.2) is 0 Å². The minimum absolute atomic E-state index is 0.0661. The predicted octanol–water partition coefficient (Wildman–Crippen LogP) is 2.41. The molecule has 0 saturated heterocycles. The van der Waals surface area contributed by atoms with Gasteiger partial charge in [0.2, 0.25) is 5.91 Å². The summed E-state index contributed by atoms with van der Waals surface area (Å²) < 4.78 is 4.78. The van der Waals surface area contributed by atoms with Gasteiger partial charge in [0, 0.05) is 12.0 Å². The van der Waals surface area contributed by atoms with Gasteiger partial charge in [-0.3, -0.25) is 9.59 Å². The molecular weight excluding hydrogens is 218 g/mol. The summed E-state index contributed by atoms with van der Waals surface area (Å²) in [6.45, 7) is 8.33. The van der Waals surface area contributed by atoms with Gasteiger partial charge in [-0.2, -0.15) is 0 Å². The smallest absolute Gasteiger partial charge is 0.306 e. The van der Waals surface area contributed by atoms with Gasteiger partial charge < -0.3 is 10.1 Å². The molecule has 0 bridgehead atoms. The highest BCUT2D eigenvalue weighted by Gasteiger charge is 2.25. The van der Waals surface area contributed by atoms with Crippen LogP contribution >= 0.6 is 0 Å². The van der Waals surface area contributed by atoms with Crippen LogP contribution in [0.25, 0.3) is 0 Å². The van der Waals surface area contributed by atoms with Crippen molar-refractivity contribution in [2.75, 3.05) is 6.61 Å². The predicted molar refractivity (Wildman–Crippen MR) is 67.6 cm³/mol. The Bertz CT molecular complexity index is 239. The molecule has 0 aliphatic carbocycles. The first-order valence-corrected chi connectivity index (χ1v) is 6.50. The van der Waals surface area contributed by atoms with Gasteiger partial charge in [0.15, 0.2) is 0 Å². The molecule has 0 radical (unpaired) electrons. The number of ether oxygens (including phenoxy) is 1. The molecule has 4 heteroatoms. The maximum atomic E-state index is 11.7. The van der Waals surface area contributed by atoms with Crippen molar-refractivity contribution < 1.29 is 14.3 Å². The van der Waals surface area contributed by atoms with Crippen LogP contribution < -0.4 is 5.32 Å². The van der Waals surface area contributed by atoms with Gasteiger partial charge in [0.05, 0.1) is 13.0 Å². The maximum absolute atomic E-state index is 11.7. The highest BCUT2D eigenvalue weighted by molar-refractivity contribution is 5.81. The van der Waals surface area contributed by atoms with Crippen LogP contribution in [0.1, 0.15) is 59.8 Å². The van der Waals surface area contributed by atoms with E-state index in [9.17, 15) is 9.59 Å². The van der Waals surface area contributed by atoms with Crippen LogP contribution in [0.3, 0.4) is 0 Å². The summed E-state index contributed by atoms with van der Waals surface area (Å²) in [5.41, 5.74) is -0.119. The molecule has 0 saturated carbocycles. The van der Waals surface area contributed by atoms with Crippen molar-refractivity contribution in [1.82, 2.24) is 5.32 Å². The molecule has 100 valence electrons. The first kappa shape index (κ1) is 15.9. The molecule has 0 spiro atoms. The molecule has 0 aliphatic heterocycles. The van der Waals surface area contributed by atoms with Gasteiger partial charge in [0.25, 0.3) is 0 Å². The molecule has 0 aromatic heterocycles. The Morgan fingerprint density at radius 2 is 1.53 bits per heavy atom. The van der Waals surface area contributed by atoms with Crippen LogP contribution in [0.15, 0.2) is 0 Å². The lowest BCUT2D eigenvalue weighted by molar-refractivity contribution is -0.144. The van der Waals surface area contributed by atoms with E-state index in [2.05, 4.69) is 26.1 Å². The molecule has 0 fully saturated rings. The minimum Gasteiger partial charge on any atom is -0.466 e. The summed E-state index contributed by atoms with van der Waals surface area (Å²) in [5, 5.41) is 3.03. The number of hydrogen-bond acceptors (Lipinski definition) is 3. The van der Waals surface area contributed by atoms with Gasteiger partial charge in [-0.05, 0) is 26.2 Å². The highest BCUT2D eigenvalue weighted by Crippen LogP contribution is 2.19. The summed E-state index contributed by atoms with van der Waals surface area (Å²) in [6.07, 6.45) is 3.09. The first-order valence-electron chi connectivity index (χ1n) is 6.50. The Hall–Kier alpha value is -1.06. The minimum atomic E-state index is -0.308. The van der Waals surface area contributed by atoms with Crippen molar-refractivity contribution in [3.63, 3.8) is 0 Å². The summed E-state index contributed by atoms with van der Waals surface area (Å²) in [6, 6.07) is 0. The number of hydrogen-bond donors (Lipinski definition) is 1. The summed E-state index contributed by atoms with van der Waals surface area (Å²) >= 11 is 0. The van der Waals surface area contributed by atoms with E-state index in [1.54, 1.807) is 6.92 Å². The van der Waals surface area contributed by atoms with Gasteiger partial charge in [-0.1, -0.05) is 20.8 Å². The molecule has 0 heterocycles. The van der Waals surface area contributed by atoms with E-state index >= 15 is 0 Å². The second-order valence-corrected chi connectivity index (χ2v) is 4.19. The number of amides is 1. The van der Waals surface area contributed by atoms with Crippen molar-refractivity contribution in [2.24, 2.45) is 0 Å². The molecule has 17 heavy (non-hydrogen) atoms. The zero-order valence-electron chi connectivity index (χ0n) is 11.5. The number of carbonyl (C=O) groups is 2. The normalized spacial score (nSPS) is 11.1. The number of esters is 1. The standard InChI is InChI=1S/C13H25NO3/c1-5-13(6-2,7-3)14-11(15)9-10-12(16)17-8-4/h5-10H2,1-4H3,(H,14,15).